The Morgan fingerprint density at radius 3 is 2.57 bits per heavy atom. The zero-order valence-corrected chi connectivity index (χ0v) is 15.8. The molecule has 4 heteroatoms. The third kappa shape index (κ3) is 3.19. The number of rotatable bonds is 4. The Bertz CT molecular complexity index is 1080. The van der Waals surface area contributed by atoms with E-state index in [9.17, 15) is 0 Å². The van der Waals surface area contributed by atoms with Crippen LogP contribution in [0.1, 0.15) is 31.2 Å². The lowest BCUT2D eigenvalue weighted by atomic mass is 9.93. The summed E-state index contributed by atoms with van der Waals surface area (Å²) in [6.45, 7) is 0.576. The summed E-state index contributed by atoms with van der Waals surface area (Å²) in [5.74, 6) is 0.652. The van der Waals surface area contributed by atoms with E-state index in [0.29, 0.717) is 12.5 Å². The minimum Gasteiger partial charge on any atom is -0.436 e. The van der Waals surface area contributed by atoms with Crippen LogP contribution in [-0.4, -0.2) is 17.1 Å². The van der Waals surface area contributed by atoms with E-state index in [-0.39, 0.29) is 12.1 Å². The van der Waals surface area contributed by atoms with E-state index >= 15 is 0 Å². The molecule has 2 unspecified atom stereocenters. The molecule has 0 amide bonds. The van der Waals surface area contributed by atoms with Gasteiger partial charge in [-0.15, -0.1) is 0 Å². The van der Waals surface area contributed by atoms with Crippen molar-refractivity contribution in [2.75, 3.05) is 0 Å². The molecule has 0 radical (unpaired) electrons. The minimum atomic E-state index is 0.152. The third-order valence-electron chi connectivity index (χ3n) is 5.75. The van der Waals surface area contributed by atoms with Crippen LogP contribution in [0.5, 0.6) is 0 Å². The van der Waals surface area contributed by atoms with Crippen LogP contribution in [0.3, 0.4) is 0 Å². The number of nitrogens with two attached hydrogens (primary N) is 1. The van der Waals surface area contributed by atoms with Crippen molar-refractivity contribution in [1.29, 1.82) is 0 Å². The summed E-state index contributed by atoms with van der Waals surface area (Å²) in [5, 5.41) is 2.30. The molecule has 1 saturated carbocycles. The lowest BCUT2D eigenvalue weighted by Crippen LogP contribution is -2.39. The first-order valence-electron chi connectivity index (χ1n) is 10.0. The van der Waals surface area contributed by atoms with Gasteiger partial charge in [0, 0.05) is 11.6 Å². The maximum atomic E-state index is 6.25. The largest absolute Gasteiger partial charge is 0.436 e. The van der Waals surface area contributed by atoms with Crippen LogP contribution in [0.2, 0.25) is 0 Å². The minimum absolute atomic E-state index is 0.152. The third-order valence-corrected chi connectivity index (χ3v) is 5.75. The lowest BCUT2D eigenvalue weighted by Gasteiger charge is -2.28. The number of ether oxygens (including phenoxy) is 1. The van der Waals surface area contributed by atoms with Crippen LogP contribution in [0.4, 0.5) is 0 Å². The molecular formula is C24H24N2O2. The van der Waals surface area contributed by atoms with E-state index in [2.05, 4.69) is 41.4 Å². The molecule has 1 aliphatic carbocycles. The highest BCUT2D eigenvalue weighted by Gasteiger charge is 2.22. The van der Waals surface area contributed by atoms with E-state index < -0.39 is 0 Å². The van der Waals surface area contributed by atoms with Gasteiger partial charge < -0.3 is 14.9 Å². The van der Waals surface area contributed by atoms with Crippen LogP contribution in [0, 0.1) is 0 Å². The molecular weight excluding hydrogens is 348 g/mol. The Hall–Kier alpha value is -2.69. The van der Waals surface area contributed by atoms with E-state index in [1.54, 1.807) is 0 Å². The van der Waals surface area contributed by atoms with Gasteiger partial charge in [0.2, 0.25) is 5.89 Å². The fraction of sp³-hybridized carbons (Fsp3) is 0.292. The van der Waals surface area contributed by atoms with Gasteiger partial charge in [-0.1, -0.05) is 55.3 Å². The van der Waals surface area contributed by atoms with Gasteiger partial charge in [0.15, 0.2) is 5.58 Å². The Morgan fingerprint density at radius 2 is 1.71 bits per heavy atom. The van der Waals surface area contributed by atoms with Gasteiger partial charge in [0.25, 0.3) is 0 Å². The second-order valence-electron chi connectivity index (χ2n) is 7.60. The smallest absolute Gasteiger partial charge is 0.227 e. The molecule has 5 rings (SSSR count). The highest BCUT2D eigenvalue weighted by Crippen LogP contribution is 2.33. The van der Waals surface area contributed by atoms with Crippen molar-refractivity contribution < 1.29 is 9.15 Å². The zero-order chi connectivity index (χ0) is 18.9. The van der Waals surface area contributed by atoms with Gasteiger partial charge in [0.1, 0.15) is 5.52 Å². The molecule has 0 bridgehead atoms. The van der Waals surface area contributed by atoms with Gasteiger partial charge in [0.05, 0.1) is 12.7 Å². The van der Waals surface area contributed by atoms with Crippen molar-refractivity contribution in [2.24, 2.45) is 5.73 Å². The number of oxazole rings is 1. The van der Waals surface area contributed by atoms with Crippen molar-refractivity contribution in [3.05, 3.63) is 66.2 Å². The standard InChI is InChI=1S/C24H24N2O2/c25-20-9-3-5-11-22(20)27-15-16-13-14-19(18-8-2-1-7-17(16)18)24-26-21-10-4-6-12-23(21)28-24/h1-2,4,6-8,10,12-14,20,22H,3,5,9,11,15,25H2. The van der Waals surface area contributed by atoms with Crippen LogP contribution in [-0.2, 0) is 11.3 Å². The SMILES string of the molecule is NC1CCCCC1OCc1ccc(-c2nc3ccccc3o2)c2ccccc12. The van der Waals surface area contributed by atoms with E-state index in [1.807, 2.05) is 24.3 Å². The summed E-state index contributed by atoms with van der Waals surface area (Å²) < 4.78 is 12.2. The highest BCUT2D eigenvalue weighted by molar-refractivity contribution is 5.97. The summed E-state index contributed by atoms with van der Waals surface area (Å²) in [7, 11) is 0. The fourth-order valence-electron chi connectivity index (χ4n) is 4.19. The van der Waals surface area contributed by atoms with E-state index in [4.69, 9.17) is 14.9 Å². The molecule has 4 nitrogen and oxygen atoms in total. The Kier molecular flexibility index (Phi) is 4.59. The van der Waals surface area contributed by atoms with Crippen molar-refractivity contribution in [3.63, 3.8) is 0 Å². The van der Waals surface area contributed by atoms with Crippen LogP contribution in [0.15, 0.2) is 65.1 Å². The summed E-state index contributed by atoms with van der Waals surface area (Å²) in [4.78, 5) is 4.68. The topological polar surface area (TPSA) is 61.3 Å². The normalized spacial score (nSPS) is 20.0. The molecule has 1 aromatic heterocycles. The second-order valence-corrected chi connectivity index (χ2v) is 7.60. The van der Waals surface area contributed by atoms with Crippen molar-refractivity contribution >= 4 is 21.9 Å². The van der Waals surface area contributed by atoms with Gasteiger partial charge in [-0.05, 0) is 47.4 Å². The van der Waals surface area contributed by atoms with Crippen molar-refractivity contribution in [2.45, 2.75) is 44.4 Å². The van der Waals surface area contributed by atoms with Crippen LogP contribution >= 0.6 is 0 Å². The first-order chi connectivity index (χ1) is 13.8. The Balaban J connectivity index is 1.50. The fourth-order valence-corrected chi connectivity index (χ4v) is 4.19. The molecule has 2 atom stereocenters. The first kappa shape index (κ1) is 17.4. The summed E-state index contributed by atoms with van der Waals surface area (Å²) in [6, 6.07) is 20.6. The molecule has 1 fully saturated rings. The molecule has 3 aromatic carbocycles. The first-order valence-corrected chi connectivity index (χ1v) is 10.0. The molecule has 1 aliphatic rings. The van der Waals surface area contributed by atoms with Gasteiger partial charge in [-0.25, -0.2) is 4.98 Å². The Morgan fingerprint density at radius 1 is 0.929 bits per heavy atom. The molecule has 28 heavy (non-hydrogen) atoms. The van der Waals surface area contributed by atoms with Crippen molar-refractivity contribution in [3.8, 4) is 11.5 Å². The number of benzene rings is 3. The molecule has 0 saturated heterocycles. The number of fused-ring (bicyclic) bond motifs is 2. The molecule has 142 valence electrons. The van der Waals surface area contributed by atoms with Gasteiger partial charge in [-0.3, -0.25) is 0 Å². The van der Waals surface area contributed by atoms with Crippen molar-refractivity contribution in [1.82, 2.24) is 4.98 Å². The van der Waals surface area contributed by atoms with Gasteiger partial charge >= 0.3 is 0 Å². The highest BCUT2D eigenvalue weighted by atomic mass is 16.5. The van der Waals surface area contributed by atoms with E-state index in [0.717, 1.165) is 34.9 Å². The quantitative estimate of drug-likeness (QED) is 0.518. The molecule has 4 aromatic rings. The maximum absolute atomic E-state index is 6.25. The Labute approximate surface area is 164 Å². The number of aromatic nitrogens is 1. The van der Waals surface area contributed by atoms with E-state index in [1.165, 1.54) is 23.8 Å². The predicted octanol–water partition coefficient (Wildman–Crippen LogP) is 5.43. The number of hydrogen-bond donors (Lipinski definition) is 1. The predicted molar refractivity (Wildman–Crippen MR) is 112 cm³/mol. The zero-order valence-electron chi connectivity index (χ0n) is 15.8. The average molecular weight is 372 g/mol. The molecule has 1 heterocycles. The number of hydrogen-bond acceptors (Lipinski definition) is 4. The summed E-state index contributed by atoms with van der Waals surface area (Å²) >= 11 is 0. The summed E-state index contributed by atoms with van der Waals surface area (Å²) in [6.07, 6.45) is 4.69. The van der Waals surface area contributed by atoms with Crippen LogP contribution in [0.25, 0.3) is 33.3 Å². The maximum Gasteiger partial charge on any atom is 0.227 e. The second kappa shape index (κ2) is 7.38. The molecule has 2 N–H and O–H groups in total. The number of nitrogens with zero attached hydrogens (tertiary/aromatic N) is 1. The van der Waals surface area contributed by atoms with Crippen LogP contribution < -0.4 is 5.73 Å². The average Bonchev–Trinajstić information content (AvgIpc) is 3.17. The lowest BCUT2D eigenvalue weighted by molar-refractivity contribution is 0.00455. The monoisotopic (exact) mass is 372 g/mol. The molecule has 0 spiro atoms. The van der Waals surface area contributed by atoms with Gasteiger partial charge in [-0.2, -0.15) is 0 Å². The molecule has 0 aliphatic heterocycles. The summed E-state index contributed by atoms with van der Waals surface area (Å²) in [5.41, 5.74) is 10.1. The number of para-hydroxylation sites is 2.